The second-order valence-electron chi connectivity index (χ2n) is 30.5. The van der Waals surface area contributed by atoms with Gasteiger partial charge in [0.25, 0.3) is 0 Å². The van der Waals surface area contributed by atoms with Crippen LogP contribution in [-0.4, -0.2) is 241 Å². The van der Waals surface area contributed by atoms with Crippen molar-refractivity contribution >= 4 is 82.6 Å². The van der Waals surface area contributed by atoms with Gasteiger partial charge in [-0.1, -0.05) is 148 Å². The Bertz CT molecular complexity index is 3300. The van der Waals surface area contributed by atoms with Gasteiger partial charge >= 0.3 is 0 Å². The number of nitrogens with one attached hydrogen (secondary N) is 10. The first-order chi connectivity index (χ1) is 52.8. The molecule has 17 unspecified atom stereocenters. The Morgan fingerprint density at radius 2 is 1.29 bits per heavy atom. The molecule has 0 aliphatic carbocycles. The van der Waals surface area contributed by atoms with Crippen LogP contribution in [0.3, 0.4) is 0 Å². The number of rotatable bonds is 41. The number of amides is 12. The van der Waals surface area contributed by atoms with E-state index in [9.17, 15) is 83.4 Å². The van der Waals surface area contributed by atoms with Crippen molar-refractivity contribution in [1.82, 2.24) is 63.0 Å². The molecule has 12 amide bonds. The summed E-state index contributed by atoms with van der Waals surface area (Å²) in [5, 5.41) is 94.9. The summed E-state index contributed by atoms with van der Waals surface area (Å²) < 4.78 is 6.16. The number of fused-ring (bicyclic) bond motifs is 2. The highest BCUT2D eigenvalue weighted by Crippen LogP contribution is 2.28. The molecule has 3 fully saturated rings. The van der Waals surface area contributed by atoms with Crippen molar-refractivity contribution in [2.45, 2.75) is 288 Å². The SMILES string of the molecule is CCCCCC1NC(=O)C(C(O)C(O)c2ccc(O)cc2)NC(=O)C2CC(O)CN2C(=O)C(C(C)O)NC(=O)C(NC(=O)CCCCCCCCC(C)CC(C)CC)CC(O)C(OCCNC(=O)CCNC(=O)C(Cc2ccccc2)NC(=O)C(CC(C)C)NC(=O)C(CCSC)NC(C)=O)NC(=O)C2CCCN2C1=O. The van der Waals surface area contributed by atoms with Crippen molar-refractivity contribution in [3.05, 3.63) is 65.7 Å². The topological polar surface area (TPSA) is 462 Å². The van der Waals surface area contributed by atoms with Crippen molar-refractivity contribution in [2.75, 3.05) is 44.8 Å². The molecule has 2 aromatic carbocycles. The first-order valence-electron chi connectivity index (χ1n) is 39.7. The lowest BCUT2D eigenvalue weighted by Gasteiger charge is -2.33. The average molecular weight is 1580 g/mol. The van der Waals surface area contributed by atoms with E-state index < -0.39 is 188 Å². The van der Waals surface area contributed by atoms with Crippen LogP contribution in [0.4, 0.5) is 0 Å². The molecule has 5 rings (SSSR count). The summed E-state index contributed by atoms with van der Waals surface area (Å²) in [6, 6.07) is 0.383. The molecule has 0 radical (unpaired) electrons. The quantitative estimate of drug-likeness (QED) is 0.0424. The third-order valence-corrected chi connectivity index (χ3v) is 21.1. The van der Waals surface area contributed by atoms with Crippen LogP contribution in [0.15, 0.2) is 54.6 Å². The molecule has 16 N–H and O–H groups in total. The van der Waals surface area contributed by atoms with Gasteiger partial charge in [0, 0.05) is 65.2 Å². The second-order valence-corrected chi connectivity index (χ2v) is 31.5. The lowest BCUT2D eigenvalue weighted by atomic mass is 9.91. The van der Waals surface area contributed by atoms with E-state index in [1.54, 1.807) is 30.3 Å². The normalized spacial score (nSPS) is 23.1. The molecule has 3 aliphatic rings. The van der Waals surface area contributed by atoms with Crippen LogP contribution in [0.1, 0.15) is 207 Å². The highest BCUT2D eigenvalue weighted by atomic mass is 32.2. The zero-order valence-corrected chi connectivity index (χ0v) is 67.0. The van der Waals surface area contributed by atoms with E-state index in [0.717, 1.165) is 50.3 Å². The number of phenols is 1. The Labute approximate surface area is 657 Å². The van der Waals surface area contributed by atoms with Crippen molar-refractivity contribution in [2.24, 2.45) is 17.8 Å². The van der Waals surface area contributed by atoms with Gasteiger partial charge in [-0.3, -0.25) is 57.5 Å². The molecule has 32 heteroatoms. The number of hydrogen-bond donors (Lipinski definition) is 16. The lowest BCUT2D eigenvalue weighted by Crippen LogP contribution is -2.63. The molecule has 0 bridgehead atoms. The summed E-state index contributed by atoms with van der Waals surface area (Å²) in [7, 11) is 0. The molecule has 31 nitrogen and oxygen atoms in total. The van der Waals surface area contributed by atoms with Gasteiger partial charge in [0.15, 0.2) is 6.23 Å². The summed E-state index contributed by atoms with van der Waals surface area (Å²) in [6.07, 6.45) is -0.000122. The molecule has 17 atom stereocenters. The minimum absolute atomic E-state index is 0.0107. The van der Waals surface area contributed by atoms with Gasteiger partial charge in [0.05, 0.1) is 18.8 Å². The number of ether oxygens (including phenoxy) is 1. The molecule has 2 aromatic rings. The van der Waals surface area contributed by atoms with Crippen molar-refractivity contribution in [3.8, 4) is 5.75 Å². The van der Waals surface area contributed by atoms with E-state index in [0.29, 0.717) is 61.7 Å². The van der Waals surface area contributed by atoms with Crippen LogP contribution >= 0.6 is 11.8 Å². The fourth-order valence-electron chi connectivity index (χ4n) is 14.1. The summed E-state index contributed by atoms with van der Waals surface area (Å²) in [6.45, 7) is 13.2. The van der Waals surface area contributed by atoms with Gasteiger partial charge in [0.1, 0.15) is 78.4 Å². The number of carbonyl (C=O) groups is 12. The molecule has 0 saturated carbocycles. The van der Waals surface area contributed by atoms with E-state index in [4.69, 9.17) is 4.74 Å². The predicted molar refractivity (Wildman–Crippen MR) is 417 cm³/mol. The van der Waals surface area contributed by atoms with E-state index in [-0.39, 0.29) is 81.8 Å². The first-order valence-corrected chi connectivity index (χ1v) is 41.1. The van der Waals surface area contributed by atoms with E-state index >= 15 is 4.79 Å². The smallest absolute Gasteiger partial charge is 0.248 e. The summed E-state index contributed by atoms with van der Waals surface area (Å²) in [5.74, 6) is -8.22. The van der Waals surface area contributed by atoms with Gasteiger partial charge in [0.2, 0.25) is 70.9 Å². The largest absolute Gasteiger partial charge is 0.508 e. The summed E-state index contributed by atoms with van der Waals surface area (Å²) in [5.41, 5.74) is 0.677. The molecule has 0 aromatic heterocycles. The van der Waals surface area contributed by atoms with Crippen LogP contribution in [0.25, 0.3) is 0 Å². The van der Waals surface area contributed by atoms with E-state index in [1.165, 1.54) is 54.3 Å². The molecule has 3 heterocycles. The summed E-state index contributed by atoms with van der Waals surface area (Å²) >= 11 is 1.48. The van der Waals surface area contributed by atoms with Gasteiger partial charge in [-0.15, -0.1) is 0 Å². The summed E-state index contributed by atoms with van der Waals surface area (Å²) in [4.78, 5) is 173. The Morgan fingerprint density at radius 1 is 0.631 bits per heavy atom. The number of aliphatic hydroxyl groups excluding tert-OH is 5. The highest BCUT2D eigenvalue weighted by molar-refractivity contribution is 7.98. The molecule has 3 saturated heterocycles. The predicted octanol–water partition coefficient (Wildman–Crippen LogP) is 2.19. The Kier molecular flexibility index (Phi) is 41.1. The molecule has 622 valence electrons. The van der Waals surface area contributed by atoms with Gasteiger partial charge in [-0.2, -0.15) is 11.8 Å². The minimum Gasteiger partial charge on any atom is -0.508 e. The number of phenolic OH excluding ortho intramolecular Hbond substituents is 1. The number of thioether (sulfide) groups is 1. The van der Waals surface area contributed by atoms with Gasteiger partial charge in [-0.05, 0) is 105 Å². The van der Waals surface area contributed by atoms with Crippen molar-refractivity contribution in [1.29, 1.82) is 0 Å². The Hall–Kier alpha value is -8.01. The maximum absolute atomic E-state index is 15.0. The molecular weight excluding hydrogens is 1450 g/mol. The third-order valence-electron chi connectivity index (χ3n) is 20.5. The maximum atomic E-state index is 15.0. The molecule has 111 heavy (non-hydrogen) atoms. The minimum atomic E-state index is -2.20. The lowest BCUT2D eigenvalue weighted by molar-refractivity contribution is -0.146. The van der Waals surface area contributed by atoms with Crippen molar-refractivity contribution < 1.29 is 92.9 Å². The van der Waals surface area contributed by atoms with E-state index in [1.807, 2.05) is 27.0 Å². The number of hydrogen-bond acceptors (Lipinski definition) is 20. The zero-order chi connectivity index (χ0) is 81.9. The number of aliphatic hydroxyl groups is 5. The number of unbranched alkanes of at least 4 members (excludes halogenated alkanes) is 7. The highest BCUT2D eigenvalue weighted by Gasteiger charge is 2.47. The molecule has 0 spiro atoms. The monoisotopic (exact) mass is 1580 g/mol. The maximum Gasteiger partial charge on any atom is 0.248 e. The number of benzene rings is 2. The third kappa shape index (κ3) is 31.8. The molecule has 3 aliphatic heterocycles. The van der Waals surface area contributed by atoms with Gasteiger partial charge in [-0.25, -0.2) is 0 Å². The second kappa shape index (κ2) is 48.8. The number of carbonyl (C=O) groups excluding carboxylic acids is 12. The Morgan fingerprint density at radius 3 is 1.95 bits per heavy atom. The van der Waals surface area contributed by atoms with Crippen molar-refractivity contribution in [3.63, 3.8) is 0 Å². The number of nitrogens with zero attached hydrogens (tertiary/aromatic N) is 2. The fourth-order valence-corrected chi connectivity index (χ4v) is 14.6. The van der Waals surface area contributed by atoms with Crippen LogP contribution in [0, 0.1) is 17.8 Å². The number of aromatic hydroxyl groups is 1. The average Bonchev–Trinajstić information content (AvgIpc) is 1.74. The zero-order valence-electron chi connectivity index (χ0n) is 66.2. The fraction of sp³-hybridized carbons (Fsp3) is 0.696. The first kappa shape index (κ1) is 93.6. The van der Waals surface area contributed by atoms with E-state index in [2.05, 4.69) is 73.9 Å². The van der Waals surface area contributed by atoms with Crippen LogP contribution < -0.4 is 53.2 Å². The van der Waals surface area contributed by atoms with Crippen LogP contribution in [-0.2, 0) is 68.7 Å². The molecular formula is C79H126N12O19S. The van der Waals surface area contributed by atoms with Crippen LogP contribution in [0.5, 0.6) is 5.75 Å². The van der Waals surface area contributed by atoms with Crippen LogP contribution in [0.2, 0.25) is 0 Å². The standard InChI is InChI=1S/C79H126N12O19S/c1-10-12-18-27-57-78(108)90-38-23-28-61(90)74(105)89-77(110-39-37-80-64(97)34-36-81-70(101)59(43-52-25-20-17-21-26-52)86-72(103)58(41-47(3)4)85-71(102)56(35-40-111-9)82-51(8)93)63(96)45-60(83-65(98)29-22-16-14-13-15-19-24-49(6)42-48(5)11-2)73(104)87-66(50(7)92)79(109)91-46-55(95)44-62(91)75(106)88-67(76(107)84-57)69(100)68(99)53-30-32-54(94)33-31-53/h17,20-21,25-26,30-33,47-50,55-63,66-69,77,92,94-96,99-100H,10-16,18-19,22-24,27-29,34-46H2,1-9H3,(H,80,97)(H,81,101)(H,82,93)(H,83,98)(H,84,107)(H,85,102)(H,86,103)(H,87,104)(H,88,106)(H,89,105). The Balaban J connectivity index is 1.44. The van der Waals surface area contributed by atoms with Gasteiger partial charge < -0.3 is 98.3 Å².